The van der Waals surface area contributed by atoms with E-state index in [4.69, 9.17) is 14.2 Å². The number of hydrogen-bond donors (Lipinski definition) is 1. The molecule has 3 unspecified atom stereocenters. The highest BCUT2D eigenvalue weighted by Crippen LogP contribution is 2.52. The van der Waals surface area contributed by atoms with Crippen LogP contribution in [0.3, 0.4) is 0 Å². The van der Waals surface area contributed by atoms with Crippen LogP contribution in [0.5, 0.6) is 11.5 Å². The number of aliphatic hydroxyl groups is 1. The average Bonchev–Trinajstić information content (AvgIpc) is 3.13. The zero-order valence-electron chi connectivity index (χ0n) is 22.4. The molecule has 4 rings (SSSR count). The highest BCUT2D eigenvalue weighted by atomic mass is 32.2. The Kier molecular flexibility index (Phi) is 10.7. The highest BCUT2D eigenvalue weighted by Gasteiger charge is 2.54. The van der Waals surface area contributed by atoms with Crippen LogP contribution in [0.25, 0.3) is 0 Å². The molecule has 200 valence electrons. The lowest BCUT2D eigenvalue weighted by atomic mass is 9.70. The van der Waals surface area contributed by atoms with Crippen LogP contribution in [0.4, 0.5) is 0 Å². The number of carbonyl (C=O) groups excluding carboxylic acids is 1. The van der Waals surface area contributed by atoms with Gasteiger partial charge in [0, 0.05) is 35.0 Å². The molecular weight excluding hydrogens is 486 g/mol. The highest BCUT2D eigenvalue weighted by molar-refractivity contribution is 8.14. The first-order chi connectivity index (χ1) is 17.8. The lowest BCUT2D eigenvalue weighted by Crippen LogP contribution is -2.51. The van der Waals surface area contributed by atoms with Gasteiger partial charge in [0.15, 0.2) is 0 Å². The summed E-state index contributed by atoms with van der Waals surface area (Å²) in [5.74, 6) is 3.20. The molecule has 2 aliphatic rings. The summed E-state index contributed by atoms with van der Waals surface area (Å²) >= 11 is 1.30. The van der Waals surface area contributed by atoms with Crippen molar-refractivity contribution in [3.63, 3.8) is 0 Å². The van der Waals surface area contributed by atoms with Crippen molar-refractivity contribution in [2.24, 2.45) is 11.8 Å². The largest absolute Gasteiger partial charge is 0.501 e. The molecule has 0 aliphatic heterocycles. The molecular formula is C30H39NO5S. The predicted octanol–water partition coefficient (Wildman–Crippen LogP) is 5.57. The number of nitrogens with zero attached hydrogens (tertiary/aromatic N) is 1. The molecule has 0 saturated heterocycles. The van der Waals surface area contributed by atoms with Gasteiger partial charge in [-0.05, 0) is 50.8 Å². The molecule has 0 aromatic heterocycles. The Labute approximate surface area is 225 Å². The molecule has 0 amide bonds. The van der Waals surface area contributed by atoms with Crippen molar-refractivity contribution in [3.8, 4) is 11.5 Å². The van der Waals surface area contributed by atoms with Gasteiger partial charge in [0.25, 0.3) is 0 Å². The maximum absolute atomic E-state index is 12.6. The number of methoxy groups -OCH3 is 3. The predicted molar refractivity (Wildman–Crippen MR) is 150 cm³/mol. The Morgan fingerprint density at radius 2 is 1.84 bits per heavy atom. The van der Waals surface area contributed by atoms with Crippen LogP contribution in [-0.4, -0.2) is 60.9 Å². The van der Waals surface area contributed by atoms with E-state index < -0.39 is 6.10 Å². The first-order valence-electron chi connectivity index (χ1n) is 12.5. The average molecular weight is 526 g/mol. The monoisotopic (exact) mass is 525 g/mol. The van der Waals surface area contributed by atoms with Gasteiger partial charge in [0.2, 0.25) is 5.12 Å². The Morgan fingerprint density at radius 3 is 2.43 bits per heavy atom. The smallest absolute Gasteiger partial charge is 0.219 e. The van der Waals surface area contributed by atoms with Gasteiger partial charge < -0.3 is 19.3 Å². The van der Waals surface area contributed by atoms with E-state index in [1.54, 1.807) is 33.5 Å². The summed E-state index contributed by atoms with van der Waals surface area (Å²) in [7, 11) is 7.09. The fraction of sp³-hybridized carbons (Fsp3) is 0.433. The SMILES string of the molecule is C=C/C=C(\C)OC.COc1ccc(CN(C)C2CC3[C@H](O)C(SC(=O)c4ccccc4)C[C@H]32)c(OC)c1. The van der Waals surface area contributed by atoms with Crippen LogP contribution in [0.2, 0.25) is 0 Å². The van der Waals surface area contributed by atoms with Gasteiger partial charge in [-0.25, -0.2) is 0 Å². The van der Waals surface area contributed by atoms with E-state index >= 15 is 0 Å². The summed E-state index contributed by atoms with van der Waals surface area (Å²) in [6, 6.07) is 15.7. The first kappa shape index (κ1) is 28.8. The Bertz CT molecular complexity index is 1070. The van der Waals surface area contributed by atoms with Gasteiger partial charge in [-0.2, -0.15) is 0 Å². The fourth-order valence-electron chi connectivity index (χ4n) is 5.13. The maximum Gasteiger partial charge on any atom is 0.219 e. The minimum Gasteiger partial charge on any atom is -0.501 e. The molecule has 5 atom stereocenters. The van der Waals surface area contributed by atoms with Crippen LogP contribution >= 0.6 is 11.8 Å². The third-order valence-corrected chi connectivity index (χ3v) is 8.53. The van der Waals surface area contributed by atoms with E-state index in [9.17, 15) is 9.90 Å². The van der Waals surface area contributed by atoms with Crippen LogP contribution in [0.15, 0.2) is 73.0 Å². The second-order valence-corrected chi connectivity index (χ2v) is 10.7. The minimum atomic E-state index is -0.409. The maximum atomic E-state index is 12.6. The number of hydrogen-bond acceptors (Lipinski definition) is 7. The number of carbonyl (C=O) groups is 1. The number of fused-ring (bicyclic) bond motifs is 1. The van der Waals surface area contributed by atoms with Gasteiger partial charge in [0.1, 0.15) is 11.5 Å². The van der Waals surface area contributed by atoms with Crippen molar-refractivity contribution in [1.29, 1.82) is 0 Å². The normalized spacial score (nSPS) is 24.3. The molecule has 1 N–H and O–H groups in total. The van der Waals surface area contributed by atoms with E-state index in [1.165, 1.54) is 11.8 Å². The van der Waals surface area contributed by atoms with Gasteiger partial charge in [-0.15, -0.1) is 0 Å². The lowest BCUT2D eigenvalue weighted by Gasteiger charge is -2.46. The number of benzene rings is 2. The number of allylic oxidation sites excluding steroid dienone is 3. The van der Waals surface area contributed by atoms with Crippen molar-refractivity contribution in [2.75, 3.05) is 28.4 Å². The summed E-state index contributed by atoms with van der Waals surface area (Å²) in [5, 5.41) is 10.8. The second kappa shape index (κ2) is 13.7. The number of ether oxygens (including phenoxy) is 3. The Balaban J connectivity index is 0.000000479. The van der Waals surface area contributed by atoms with Gasteiger partial charge >= 0.3 is 0 Å². The van der Waals surface area contributed by atoms with E-state index in [0.29, 0.717) is 17.5 Å². The molecule has 0 spiro atoms. The van der Waals surface area contributed by atoms with Gasteiger partial charge in [-0.3, -0.25) is 9.69 Å². The summed E-state index contributed by atoms with van der Waals surface area (Å²) < 4.78 is 15.6. The number of thioether (sulfide) groups is 1. The van der Waals surface area contributed by atoms with E-state index in [-0.39, 0.29) is 16.3 Å². The third-order valence-electron chi connectivity index (χ3n) is 7.30. The number of rotatable bonds is 9. The van der Waals surface area contributed by atoms with Crippen LogP contribution in [0, 0.1) is 11.8 Å². The van der Waals surface area contributed by atoms with Crippen LogP contribution in [-0.2, 0) is 11.3 Å². The molecule has 2 aromatic rings. The molecule has 2 saturated carbocycles. The van der Waals surface area contributed by atoms with Crippen LogP contribution in [0.1, 0.15) is 35.7 Å². The van der Waals surface area contributed by atoms with Crippen LogP contribution < -0.4 is 9.47 Å². The minimum absolute atomic E-state index is 0.0263. The second-order valence-electron chi connectivity index (χ2n) is 9.48. The third kappa shape index (κ3) is 7.18. The van der Waals surface area contributed by atoms with Crippen molar-refractivity contribution < 1.29 is 24.1 Å². The van der Waals surface area contributed by atoms with Crippen molar-refractivity contribution in [3.05, 3.63) is 84.1 Å². The summed E-state index contributed by atoms with van der Waals surface area (Å²) in [4.78, 5) is 14.9. The number of aliphatic hydroxyl groups excluding tert-OH is 1. The molecule has 7 heteroatoms. The molecule has 0 radical (unpaired) electrons. The van der Waals surface area contributed by atoms with Crippen molar-refractivity contribution in [1.82, 2.24) is 4.90 Å². The topological polar surface area (TPSA) is 68.2 Å². The van der Waals surface area contributed by atoms with Gasteiger partial charge in [0.05, 0.1) is 33.2 Å². The Hall–Kier alpha value is -2.74. The van der Waals surface area contributed by atoms with E-state index in [1.807, 2.05) is 55.5 Å². The molecule has 0 bridgehead atoms. The zero-order chi connectivity index (χ0) is 26.9. The lowest BCUT2D eigenvalue weighted by molar-refractivity contribution is -0.0142. The molecule has 2 aliphatic carbocycles. The first-order valence-corrected chi connectivity index (χ1v) is 13.4. The quantitative estimate of drug-likeness (QED) is 0.339. The van der Waals surface area contributed by atoms with E-state index in [0.717, 1.165) is 42.2 Å². The molecule has 6 nitrogen and oxygen atoms in total. The van der Waals surface area contributed by atoms with Crippen molar-refractivity contribution in [2.45, 2.75) is 43.7 Å². The molecule has 0 heterocycles. The molecule has 2 fully saturated rings. The zero-order valence-corrected chi connectivity index (χ0v) is 23.2. The summed E-state index contributed by atoms with van der Waals surface area (Å²) in [5.41, 5.74) is 1.82. The summed E-state index contributed by atoms with van der Waals surface area (Å²) in [6.45, 7) is 6.14. The van der Waals surface area contributed by atoms with E-state index in [2.05, 4.69) is 18.5 Å². The molecule has 37 heavy (non-hydrogen) atoms. The summed E-state index contributed by atoms with van der Waals surface area (Å²) in [6.07, 6.45) is 4.94. The standard InChI is InChI=1S/C24H29NO4S.C6H10O/c1-25(14-16-9-10-17(28-2)11-21(16)29-3)20-12-19-18(20)13-22(23(19)26)30-24(27)15-7-5-4-6-8-15;1-4-5-6(2)7-3/h4-11,18-20,22-23,26H,12-14H2,1-3H3;4-5H,1H2,2-3H3/b;6-5+/t18-,19?,20?,22?,23+;/m1./s1. The molecule has 2 aromatic carbocycles. The fourth-order valence-corrected chi connectivity index (χ4v) is 6.34. The van der Waals surface area contributed by atoms with Gasteiger partial charge in [-0.1, -0.05) is 60.8 Å². The Morgan fingerprint density at radius 1 is 1.11 bits per heavy atom. The van der Waals surface area contributed by atoms with Crippen molar-refractivity contribution >= 4 is 16.9 Å².